The quantitative estimate of drug-likeness (QED) is 0.234. The van der Waals surface area contributed by atoms with Gasteiger partial charge in [0.2, 0.25) is 0 Å². The molecule has 0 atom stereocenters. The van der Waals surface area contributed by atoms with E-state index in [-0.39, 0.29) is 23.6 Å². The molecule has 2 aromatic carbocycles. The number of carbonyl (C=O) groups excluding carboxylic acids is 2. The molecule has 166 valence electrons. The lowest BCUT2D eigenvalue weighted by molar-refractivity contribution is -0.385. The van der Waals surface area contributed by atoms with Gasteiger partial charge in [0.15, 0.2) is 5.75 Å². The Balaban J connectivity index is 1.92. The van der Waals surface area contributed by atoms with Gasteiger partial charge in [-0.2, -0.15) is 0 Å². The molecule has 0 radical (unpaired) electrons. The van der Waals surface area contributed by atoms with Crippen LogP contribution in [-0.4, -0.2) is 50.3 Å². The van der Waals surface area contributed by atoms with Gasteiger partial charge in [0, 0.05) is 24.1 Å². The van der Waals surface area contributed by atoms with Crippen molar-refractivity contribution in [2.45, 2.75) is 13.3 Å². The Kier molecular flexibility index (Phi) is 9.24. The van der Waals surface area contributed by atoms with Gasteiger partial charge in [0.05, 0.1) is 37.5 Å². The van der Waals surface area contributed by atoms with Crippen LogP contribution in [0, 0.1) is 10.1 Å². The zero-order valence-electron chi connectivity index (χ0n) is 17.3. The van der Waals surface area contributed by atoms with Gasteiger partial charge in [0.1, 0.15) is 12.4 Å². The molecule has 0 aliphatic rings. The average Bonchev–Trinajstić information content (AvgIpc) is 2.76. The van der Waals surface area contributed by atoms with Gasteiger partial charge in [0.25, 0.3) is 5.91 Å². The first kappa shape index (κ1) is 23.6. The van der Waals surface area contributed by atoms with Crippen LogP contribution in [0.4, 0.5) is 11.4 Å². The van der Waals surface area contributed by atoms with E-state index in [0.717, 1.165) is 0 Å². The fourth-order valence-corrected chi connectivity index (χ4v) is 2.56. The second-order valence-corrected chi connectivity index (χ2v) is 6.15. The number of amides is 1. The average molecular weight is 432 g/mol. The zero-order chi connectivity index (χ0) is 22.6. The van der Waals surface area contributed by atoms with E-state index in [0.29, 0.717) is 37.7 Å². The number of carbonyl (C=O) groups is 2. The molecule has 0 saturated heterocycles. The summed E-state index contributed by atoms with van der Waals surface area (Å²) >= 11 is 0. The minimum absolute atomic E-state index is 0.00926. The smallest absolute Gasteiger partial charge is 0.332 e. The molecule has 0 aromatic heterocycles. The van der Waals surface area contributed by atoms with Crippen LogP contribution in [0.25, 0.3) is 0 Å². The fraction of sp³-hybridized carbons (Fsp3) is 0.333. The van der Waals surface area contributed by atoms with Crippen molar-refractivity contribution in [3.05, 3.63) is 58.1 Å². The van der Waals surface area contributed by atoms with Gasteiger partial charge in [-0.3, -0.25) is 14.9 Å². The molecule has 10 heteroatoms. The Morgan fingerprint density at radius 1 is 1.10 bits per heavy atom. The van der Waals surface area contributed by atoms with Crippen molar-refractivity contribution in [1.29, 1.82) is 0 Å². The second kappa shape index (κ2) is 12.1. The lowest BCUT2D eigenvalue weighted by Gasteiger charge is -2.13. The summed E-state index contributed by atoms with van der Waals surface area (Å²) in [5, 5.41) is 13.7. The number of anilines is 1. The Hall–Kier alpha value is -3.66. The molecular weight excluding hydrogens is 408 g/mol. The highest BCUT2D eigenvalue weighted by atomic mass is 16.6. The van der Waals surface area contributed by atoms with E-state index in [9.17, 15) is 19.7 Å². The largest absolute Gasteiger partial charge is 0.491 e. The third kappa shape index (κ3) is 7.27. The standard InChI is InChI=1S/C21H24N2O8/c1-3-30-20(24)14-29-11-6-12-31-18-8-5-4-7-16(18)22-21(25)15-9-10-17(23(26)27)19(13-15)28-2/h4-5,7-10,13H,3,6,11-12,14H2,1-2H3,(H,22,25). The molecular formula is C21H24N2O8. The van der Waals surface area contributed by atoms with E-state index >= 15 is 0 Å². The van der Waals surface area contributed by atoms with Gasteiger partial charge in [-0.25, -0.2) is 4.79 Å². The normalized spacial score (nSPS) is 10.3. The number of hydrogen-bond donors (Lipinski definition) is 1. The molecule has 0 spiro atoms. The molecule has 31 heavy (non-hydrogen) atoms. The predicted molar refractivity (Wildman–Crippen MR) is 112 cm³/mol. The second-order valence-electron chi connectivity index (χ2n) is 6.15. The van der Waals surface area contributed by atoms with Crippen LogP contribution in [0.15, 0.2) is 42.5 Å². The highest BCUT2D eigenvalue weighted by Crippen LogP contribution is 2.29. The van der Waals surface area contributed by atoms with Crippen LogP contribution in [0.2, 0.25) is 0 Å². The highest BCUT2D eigenvalue weighted by molar-refractivity contribution is 6.05. The van der Waals surface area contributed by atoms with Crippen LogP contribution in [0.1, 0.15) is 23.7 Å². The summed E-state index contributed by atoms with van der Waals surface area (Å²) in [4.78, 5) is 34.2. The number of nitro groups is 1. The summed E-state index contributed by atoms with van der Waals surface area (Å²) in [7, 11) is 1.30. The van der Waals surface area contributed by atoms with Crippen molar-refractivity contribution in [2.24, 2.45) is 0 Å². The van der Waals surface area contributed by atoms with E-state index in [2.05, 4.69) is 5.32 Å². The third-order valence-electron chi connectivity index (χ3n) is 3.99. The van der Waals surface area contributed by atoms with Crippen molar-refractivity contribution in [3.8, 4) is 11.5 Å². The predicted octanol–water partition coefficient (Wildman–Crippen LogP) is 3.20. The van der Waals surface area contributed by atoms with E-state index in [1.807, 2.05) is 0 Å². The Morgan fingerprint density at radius 3 is 2.58 bits per heavy atom. The number of nitrogens with zero attached hydrogens (tertiary/aromatic N) is 1. The molecule has 0 fully saturated rings. The Bertz CT molecular complexity index is 916. The highest BCUT2D eigenvalue weighted by Gasteiger charge is 2.18. The number of nitro benzene ring substituents is 1. The first-order valence-electron chi connectivity index (χ1n) is 9.55. The molecule has 0 unspecified atom stereocenters. The molecule has 0 aliphatic carbocycles. The van der Waals surface area contributed by atoms with Crippen molar-refractivity contribution in [3.63, 3.8) is 0 Å². The SMILES string of the molecule is CCOC(=O)COCCCOc1ccccc1NC(=O)c1ccc([N+](=O)[O-])c(OC)c1. The minimum atomic E-state index is -0.583. The zero-order valence-corrected chi connectivity index (χ0v) is 17.3. The van der Waals surface area contributed by atoms with Crippen LogP contribution in [0.5, 0.6) is 11.5 Å². The molecule has 1 amide bonds. The van der Waals surface area contributed by atoms with Gasteiger partial charge < -0.3 is 24.3 Å². The maximum atomic E-state index is 12.6. The number of ether oxygens (including phenoxy) is 4. The van der Waals surface area contributed by atoms with Crippen LogP contribution in [-0.2, 0) is 14.3 Å². The molecule has 1 N–H and O–H groups in total. The first-order chi connectivity index (χ1) is 15.0. The topological polar surface area (TPSA) is 126 Å². The summed E-state index contributed by atoms with van der Waals surface area (Å²) in [6.45, 7) is 2.54. The lowest BCUT2D eigenvalue weighted by atomic mass is 10.1. The summed E-state index contributed by atoms with van der Waals surface area (Å²) in [6.07, 6.45) is 0.529. The third-order valence-corrected chi connectivity index (χ3v) is 3.99. The number of benzene rings is 2. The first-order valence-corrected chi connectivity index (χ1v) is 9.55. The summed E-state index contributed by atoms with van der Waals surface area (Å²) in [5.41, 5.74) is 0.412. The van der Waals surface area contributed by atoms with Crippen molar-refractivity contribution >= 4 is 23.3 Å². The summed E-state index contributed by atoms with van der Waals surface area (Å²) in [5.74, 6) is -0.443. The summed E-state index contributed by atoms with van der Waals surface area (Å²) < 4.78 is 20.7. The van der Waals surface area contributed by atoms with Gasteiger partial charge in [-0.15, -0.1) is 0 Å². The van der Waals surface area contributed by atoms with Crippen molar-refractivity contribution in [1.82, 2.24) is 0 Å². The maximum Gasteiger partial charge on any atom is 0.332 e. The van der Waals surface area contributed by atoms with Gasteiger partial charge >= 0.3 is 11.7 Å². The number of esters is 1. The van der Waals surface area contributed by atoms with Gasteiger partial charge in [-0.05, 0) is 25.1 Å². The van der Waals surface area contributed by atoms with Crippen LogP contribution >= 0.6 is 0 Å². The maximum absolute atomic E-state index is 12.6. The Labute approximate surface area is 179 Å². The van der Waals surface area contributed by atoms with Crippen LogP contribution < -0.4 is 14.8 Å². The molecule has 2 rings (SSSR count). The molecule has 0 bridgehead atoms. The summed E-state index contributed by atoms with van der Waals surface area (Å²) in [6, 6.07) is 10.7. The molecule has 10 nitrogen and oxygen atoms in total. The lowest BCUT2D eigenvalue weighted by Crippen LogP contribution is -2.15. The molecule has 0 heterocycles. The number of nitrogens with one attached hydrogen (secondary N) is 1. The molecule has 2 aromatic rings. The monoisotopic (exact) mass is 432 g/mol. The van der Waals surface area contributed by atoms with Crippen molar-refractivity contribution in [2.75, 3.05) is 38.9 Å². The minimum Gasteiger partial charge on any atom is -0.491 e. The van der Waals surface area contributed by atoms with Crippen LogP contribution in [0.3, 0.4) is 0 Å². The number of methoxy groups -OCH3 is 1. The fourth-order valence-electron chi connectivity index (χ4n) is 2.56. The molecule has 0 saturated carbocycles. The van der Waals surface area contributed by atoms with E-state index in [4.69, 9.17) is 18.9 Å². The number of hydrogen-bond acceptors (Lipinski definition) is 8. The van der Waals surface area contributed by atoms with E-state index in [1.165, 1.54) is 25.3 Å². The Morgan fingerprint density at radius 2 is 1.87 bits per heavy atom. The number of rotatable bonds is 12. The van der Waals surface area contributed by atoms with E-state index in [1.54, 1.807) is 31.2 Å². The van der Waals surface area contributed by atoms with E-state index < -0.39 is 16.8 Å². The van der Waals surface area contributed by atoms with Crippen molar-refractivity contribution < 1.29 is 33.5 Å². The number of para-hydroxylation sites is 2. The van der Waals surface area contributed by atoms with Gasteiger partial charge in [-0.1, -0.05) is 12.1 Å². The molecule has 0 aliphatic heterocycles.